The minimum Gasteiger partial charge on any atom is -0.491 e. The lowest BCUT2D eigenvalue weighted by atomic mass is 10.1. The van der Waals surface area contributed by atoms with Crippen molar-refractivity contribution in [3.63, 3.8) is 0 Å². The van der Waals surface area contributed by atoms with Gasteiger partial charge in [0.1, 0.15) is 29.3 Å². The number of nitrogens with one attached hydrogen (secondary N) is 3. The van der Waals surface area contributed by atoms with E-state index in [9.17, 15) is 4.79 Å². The fourth-order valence-electron chi connectivity index (χ4n) is 3.44. The van der Waals surface area contributed by atoms with Gasteiger partial charge in [-0.25, -0.2) is 0 Å². The number of piperazine rings is 1. The molecule has 2 aromatic heterocycles. The Morgan fingerprint density at radius 3 is 2.90 bits per heavy atom. The predicted octanol–water partition coefficient (Wildman–Crippen LogP) is 2.94. The van der Waals surface area contributed by atoms with Crippen molar-refractivity contribution in [2.45, 2.75) is 19.9 Å². The summed E-state index contributed by atoms with van der Waals surface area (Å²) in [6.07, 6.45) is 1.50. The Morgan fingerprint density at radius 2 is 2.13 bits per heavy atom. The maximum absolute atomic E-state index is 12.6. The molecule has 3 aromatic rings. The van der Waals surface area contributed by atoms with Crippen LogP contribution < -0.4 is 20.8 Å². The molecule has 30 heavy (non-hydrogen) atoms. The van der Waals surface area contributed by atoms with Gasteiger partial charge < -0.3 is 24.8 Å². The van der Waals surface area contributed by atoms with Crippen molar-refractivity contribution in [1.82, 2.24) is 20.2 Å². The number of aromatic amines is 1. The van der Waals surface area contributed by atoms with Crippen LogP contribution in [0.3, 0.4) is 0 Å². The van der Waals surface area contributed by atoms with Crippen LogP contribution in [0.4, 0.5) is 6.01 Å². The van der Waals surface area contributed by atoms with Gasteiger partial charge in [-0.3, -0.25) is 9.69 Å². The standard InChI is InChI=1S/C21H26ClN5O3/c1-13(2)24-21-26-16(12-30-21)15-11-17(28)14-3-4-18(19(22)20(14)25-15)29-10-9-27-7-5-23-6-8-27/h3-4,11-13,23H,5-10H2,1-2H3,(H,24,26)(H,25,28). The van der Waals surface area contributed by atoms with Crippen LogP contribution in [-0.2, 0) is 0 Å². The third kappa shape index (κ3) is 4.61. The van der Waals surface area contributed by atoms with Crippen LogP contribution in [0.25, 0.3) is 22.3 Å². The summed E-state index contributed by atoms with van der Waals surface area (Å²) in [4.78, 5) is 22.6. The molecule has 0 unspecified atom stereocenters. The van der Waals surface area contributed by atoms with Crippen molar-refractivity contribution in [3.8, 4) is 17.1 Å². The summed E-state index contributed by atoms with van der Waals surface area (Å²) in [7, 11) is 0. The third-order valence-corrected chi connectivity index (χ3v) is 5.35. The molecule has 1 aromatic carbocycles. The first-order chi connectivity index (χ1) is 14.5. The SMILES string of the molecule is CC(C)Nc1nc(-c2cc(=O)c3ccc(OCCN4CCNCC4)c(Cl)c3[nH]2)co1. The number of benzene rings is 1. The lowest BCUT2D eigenvalue weighted by Crippen LogP contribution is -2.44. The molecule has 0 spiro atoms. The van der Waals surface area contributed by atoms with E-state index in [1.807, 2.05) is 13.8 Å². The Bertz CT molecular complexity index is 1070. The van der Waals surface area contributed by atoms with E-state index in [1.54, 1.807) is 12.1 Å². The average molecular weight is 432 g/mol. The van der Waals surface area contributed by atoms with Crippen LogP contribution in [0.15, 0.2) is 33.7 Å². The molecule has 0 atom stereocenters. The lowest BCUT2D eigenvalue weighted by Gasteiger charge is -2.27. The van der Waals surface area contributed by atoms with Crippen LogP contribution in [-0.4, -0.2) is 60.2 Å². The van der Waals surface area contributed by atoms with E-state index in [0.29, 0.717) is 45.7 Å². The Kier molecular flexibility index (Phi) is 6.26. The van der Waals surface area contributed by atoms with Crippen LogP contribution in [0.1, 0.15) is 13.8 Å². The smallest absolute Gasteiger partial charge is 0.295 e. The van der Waals surface area contributed by atoms with E-state index in [2.05, 4.69) is 25.5 Å². The average Bonchev–Trinajstić information content (AvgIpc) is 3.18. The summed E-state index contributed by atoms with van der Waals surface area (Å²) < 4.78 is 11.4. The molecule has 1 fully saturated rings. The van der Waals surface area contributed by atoms with Gasteiger partial charge in [0.2, 0.25) is 0 Å². The summed E-state index contributed by atoms with van der Waals surface area (Å²) in [5.74, 6) is 0.550. The molecule has 3 N–H and O–H groups in total. The first kappa shape index (κ1) is 20.7. The predicted molar refractivity (Wildman–Crippen MR) is 119 cm³/mol. The molecule has 0 radical (unpaired) electrons. The van der Waals surface area contributed by atoms with Gasteiger partial charge in [-0.15, -0.1) is 0 Å². The van der Waals surface area contributed by atoms with Gasteiger partial charge in [0.25, 0.3) is 6.01 Å². The van der Waals surface area contributed by atoms with E-state index in [4.69, 9.17) is 20.8 Å². The van der Waals surface area contributed by atoms with Crippen LogP contribution in [0, 0.1) is 0 Å². The second-order valence-electron chi connectivity index (χ2n) is 7.62. The Balaban J connectivity index is 1.56. The minimum absolute atomic E-state index is 0.144. The maximum atomic E-state index is 12.6. The van der Waals surface area contributed by atoms with Gasteiger partial charge in [-0.1, -0.05) is 11.6 Å². The van der Waals surface area contributed by atoms with Gasteiger partial charge in [0, 0.05) is 50.2 Å². The quantitative estimate of drug-likeness (QED) is 0.529. The summed E-state index contributed by atoms with van der Waals surface area (Å²) in [5.41, 5.74) is 1.45. The summed E-state index contributed by atoms with van der Waals surface area (Å²) >= 11 is 6.59. The van der Waals surface area contributed by atoms with Crippen LogP contribution >= 0.6 is 11.6 Å². The van der Waals surface area contributed by atoms with E-state index < -0.39 is 0 Å². The fraction of sp³-hybridized carbons (Fsp3) is 0.429. The number of halogens is 1. The lowest BCUT2D eigenvalue weighted by molar-refractivity contribution is 0.191. The summed E-state index contributed by atoms with van der Waals surface area (Å²) in [6, 6.07) is 5.57. The molecule has 9 heteroatoms. The largest absolute Gasteiger partial charge is 0.491 e. The maximum Gasteiger partial charge on any atom is 0.295 e. The van der Waals surface area contributed by atoms with Gasteiger partial charge in [0.15, 0.2) is 5.43 Å². The summed E-state index contributed by atoms with van der Waals surface area (Å²) in [5, 5.41) is 7.31. The highest BCUT2D eigenvalue weighted by Crippen LogP contribution is 2.32. The van der Waals surface area contributed by atoms with Crippen molar-refractivity contribution < 1.29 is 9.15 Å². The molecule has 0 saturated carbocycles. The number of fused-ring (bicyclic) bond motifs is 1. The second kappa shape index (κ2) is 9.07. The number of aromatic nitrogens is 2. The zero-order chi connectivity index (χ0) is 21.1. The van der Waals surface area contributed by atoms with E-state index in [0.717, 1.165) is 32.7 Å². The molecule has 160 valence electrons. The fourth-order valence-corrected chi connectivity index (χ4v) is 3.71. The highest BCUT2D eigenvalue weighted by atomic mass is 35.5. The molecular weight excluding hydrogens is 406 g/mol. The summed E-state index contributed by atoms with van der Waals surface area (Å²) in [6.45, 7) is 9.36. The molecule has 3 heterocycles. The van der Waals surface area contributed by atoms with E-state index in [-0.39, 0.29) is 11.5 Å². The normalized spacial score (nSPS) is 15.1. The van der Waals surface area contributed by atoms with Crippen molar-refractivity contribution in [1.29, 1.82) is 0 Å². The molecule has 4 rings (SSSR count). The zero-order valence-corrected chi connectivity index (χ0v) is 17.9. The van der Waals surface area contributed by atoms with Gasteiger partial charge in [-0.05, 0) is 26.0 Å². The van der Waals surface area contributed by atoms with Crippen molar-refractivity contribution in [2.24, 2.45) is 0 Å². The monoisotopic (exact) mass is 431 g/mol. The van der Waals surface area contributed by atoms with Crippen molar-refractivity contribution in [3.05, 3.63) is 39.7 Å². The molecule has 0 bridgehead atoms. The first-order valence-corrected chi connectivity index (χ1v) is 10.5. The number of pyridine rings is 1. The van der Waals surface area contributed by atoms with E-state index in [1.165, 1.54) is 12.3 Å². The number of nitrogens with zero attached hydrogens (tertiary/aromatic N) is 2. The van der Waals surface area contributed by atoms with Gasteiger partial charge >= 0.3 is 0 Å². The topological polar surface area (TPSA) is 95.4 Å². The highest BCUT2D eigenvalue weighted by Gasteiger charge is 2.15. The number of H-pyrrole nitrogens is 1. The highest BCUT2D eigenvalue weighted by molar-refractivity contribution is 6.36. The molecule has 0 amide bonds. The number of ether oxygens (including phenoxy) is 1. The van der Waals surface area contributed by atoms with Crippen molar-refractivity contribution in [2.75, 3.05) is 44.6 Å². The Hall–Kier alpha value is -2.55. The number of anilines is 1. The Labute approximate surface area is 179 Å². The molecule has 1 saturated heterocycles. The molecular formula is C21H26ClN5O3. The molecule has 1 aliphatic heterocycles. The minimum atomic E-state index is -0.144. The molecule has 0 aliphatic carbocycles. The van der Waals surface area contributed by atoms with Gasteiger partial charge in [0.05, 0.1) is 11.2 Å². The molecule has 1 aliphatic rings. The number of rotatable bonds is 7. The van der Waals surface area contributed by atoms with Gasteiger partial charge in [-0.2, -0.15) is 4.98 Å². The van der Waals surface area contributed by atoms with Crippen LogP contribution in [0.5, 0.6) is 5.75 Å². The Morgan fingerprint density at radius 1 is 1.33 bits per heavy atom. The first-order valence-electron chi connectivity index (χ1n) is 10.1. The third-order valence-electron chi connectivity index (χ3n) is 4.97. The van der Waals surface area contributed by atoms with Crippen molar-refractivity contribution >= 4 is 28.5 Å². The van der Waals surface area contributed by atoms with Crippen LogP contribution in [0.2, 0.25) is 5.02 Å². The number of hydrogen-bond acceptors (Lipinski definition) is 7. The second-order valence-corrected chi connectivity index (χ2v) is 8.00. The zero-order valence-electron chi connectivity index (χ0n) is 17.1. The molecule has 8 nitrogen and oxygen atoms in total. The van der Waals surface area contributed by atoms with E-state index >= 15 is 0 Å². The number of oxazole rings is 1. The number of hydrogen-bond donors (Lipinski definition) is 3.